The molecule has 18 nitrogen and oxygen atoms in total. The Hall–Kier alpha value is -3.56. The van der Waals surface area contributed by atoms with E-state index in [1.165, 1.54) is 0 Å². The van der Waals surface area contributed by atoms with E-state index in [2.05, 4.69) is 45.6 Å². The van der Waals surface area contributed by atoms with Gasteiger partial charge in [0.2, 0.25) is 23.6 Å². The first kappa shape index (κ1) is 71.2. The number of aliphatic hydroxyl groups excluding tert-OH is 6. The fourth-order valence-corrected chi connectivity index (χ4v) is 16.1. The molecule has 20 atom stereocenters. The number of carbonyl (C=O) groups is 4. The summed E-state index contributed by atoms with van der Waals surface area (Å²) in [6.07, 6.45) is 32.2. The van der Waals surface area contributed by atoms with E-state index in [0.717, 1.165) is 103 Å². The number of rotatable bonds is 20. The molecule has 0 aromatic heterocycles. The summed E-state index contributed by atoms with van der Waals surface area (Å²) in [7, 11) is 0. The monoisotopic (exact) mass is 1180 g/mol. The highest BCUT2D eigenvalue weighted by Gasteiger charge is 2.67. The van der Waals surface area contributed by atoms with Crippen LogP contribution < -0.4 is 21.3 Å². The molecule has 4 amide bonds. The van der Waals surface area contributed by atoms with Crippen LogP contribution in [0.2, 0.25) is 0 Å². The molecule has 4 aliphatic carbocycles. The minimum Gasteiger partial charge on any atom is -0.394 e. The fraction of sp³-hybridized carbons (Fsp3) is 0.818. The van der Waals surface area contributed by atoms with E-state index in [1.54, 1.807) is 27.7 Å². The van der Waals surface area contributed by atoms with Crippen LogP contribution in [0.4, 0.5) is 0 Å². The van der Waals surface area contributed by atoms with Crippen molar-refractivity contribution in [3.05, 3.63) is 48.6 Å². The highest BCUT2D eigenvalue weighted by Crippen LogP contribution is 2.50. The Bertz CT molecular complexity index is 1990. The van der Waals surface area contributed by atoms with Crippen molar-refractivity contribution in [2.75, 3.05) is 26.4 Å². The van der Waals surface area contributed by atoms with Crippen LogP contribution in [0, 0.1) is 59.2 Å². The minimum atomic E-state index is -1.47. The third-order valence-electron chi connectivity index (χ3n) is 22.1. The SMILES string of the molecule is CCC[C@H]1C(=O)N[C@](CO)([C@@H](C)[C@@H]2C=CCCC2)[C@@]1(C)O.CCC[C@H]1C(=O)N[C@](CO)([C@@H](O)[C@@H]2C=CCCC2)[C@@]1(C)O.CCC[C@H]1C(=O)N[C@](CO)([C@H](C)[C@@H]2C=CCCC2)[C@@]1(C)O.CCC[C@H]1C(=O)N[C@](CO)([C@H](O)[C@@H]2C=CCCC2)[C@@]1(C)O. The molecule has 0 radical (unpaired) electrons. The highest BCUT2D eigenvalue weighted by atomic mass is 16.3. The molecule has 0 aromatic carbocycles. The maximum atomic E-state index is 12.3. The Labute approximate surface area is 501 Å². The molecule has 0 saturated carbocycles. The molecule has 0 aromatic rings. The maximum absolute atomic E-state index is 12.3. The van der Waals surface area contributed by atoms with Gasteiger partial charge in [-0.2, -0.15) is 0 Å². The van der Waals surface area contributed by atoms with Crippen molar-refractivity contribution in [3.63, 3.8) is 0 Å². The summed E-state index contributed by atoms with van der Waals surface area (Å²) in [5.41, 5.74) is -10.1. The summed E-state index contributed by atoms with van der Waals surface area (Å²) >= 11 is 0. The van der Waals surface area contributed by atoms with Crippen molar-refractivity contribution in [1.82, 2.24) is 21.3 Å². The zero-order valence-electron chi connectivity index (χ0n) is 52.6. The number of hydrogen-bond acceptors (Lipinski definition) is 14. The van der Waals surface area contributed by atoms with Gasteiger partial charge in [0.05, 0.1) is 84.6 Å². The summed E-state index contributed by atoms with van der Waals surface area (Å²) in [4.78, 5) is 49.1. The molecule has 18 heteroatoms. The van der Waals surface area contributed by atoms with Crippen molar-refractivity contribution in [2.24, 2.45) is 59.2 Å². The van der Waals surface area contributed by atoms with Crippen LogP contribution in [0.1, 0.15) is 198 Å². The third-order valence-corrected chi connectivity index (χ3v) is 22.1. The van der Waals surface area contributed by atoms with Gasteiger partial charge in [-0.1, -0.05) is 116 Å². The standard InChI is InChI=1S/2C17H29NO3.2C16H27NO4/c2*1-4-8-14-15(20)18-17(11-19,16(14,3)21)12(2)13-9-6-5-7-10-13;2*1-3-7-12-14(20)17-16(10-18,15(12,2)21)13(19)11-8-5-4-6-9-11/h2*6,9,12-14,19,21H,4-5,7-8,10-11H2,1-3H3,(H,18,20);2*5,8,11-13,18-19,21H,3-4,6-7,9-10H2,1-2H3,(H,17,20)/t12-,13+,14-,16-,17+;12-,13-,14+,16+,17-;11-,12+,13+,15+,16-;11-,12+,13-,15+,16-/m0111/s1. The largest absolute Gasteiger partial charge is 0.394 e. The van der Waals surface area contributed by atoms with Crippen LogP contribution in [0.15, 0.2) is 48.6 Å². The van der Waals surface area contributed by atoms with Crippen LogP contribution in [-0.4, -0.2) is 158 Å². The fourth-order valence-electron chi connectivity index (χ4n) is 16.1. The average Bonchev–Trinajstić information content (AvgIpc) is 1.80. The van der Waals surface area contributed by atoms with E-state index in [9.17, 15) is 70.2 Å². The summed E-state index contributed by atoms with van der Waals surface area (Å²) in [5, 5.41) is 117. The van der Waals surface area contributed by atoms with Crippen molar-refractivity contribution in [1.29, 1.82) is 0 Å². The Balaban J connectivity index is 0.000000205. The number of carbonyl (C=O) groups excluding carboxylic acids is 4. The van der Waals surface area contributed by atoms with Gasteiger partial charge in [-0.05, 0) is 154 Å². The predicted octanol–water partition coefficient (Wildman–Crippen LogP) is 5.48. The Kier molecular flexibility index (Phi) is 25.1. The second-order valence-electron chi connectivity index (χ2n) is 27.0. The Morgan fingerprint density at radius 1 is 0.405 bits per heavy atom. The van der Waals surface area contributed by atoms with Gasteiger partial charge < -0.3 is 72.3 Å². The van der Waals surface area contributed by atoms with Gasteiger partial charge in [0.25, 0.3) is 0 Å². The average molecular weight is 1190 g/mol. The van der Waals surface area contributed by atoms with E-state index in [1.807, 2.05) is 65.8 Å². The van der Waals surface area contributed by atoms with Crippen molar-refractivity contribution in [3.8, 4) is 0 Å². The van der Waals surface area contributed by atoms with Gasteiger partial charge in [-0.25, -0.2) is 0 Å². The quantitative estimate of drug-likeness (QED) is 0.0672. The second kappa shape index (κ2) is 29.6. The summed E-state index contributed by atoms with van der Waals surface area (Å²) in [6, 6.07) is 0. The first-order valence-electron chi connectivity index (χ1n) is 32.3. The lowest BCUT2D eigenvalue weighted by Gasteiger charge is -2.46. The molecule has 0 unspecified atom stereocenters. The normalized spacial score (nSPS) is 41.1. The van der Waals surface area contributed by atoms with E-state index in [4.69, 9.17) is 0 Å². The zero-order valence-corrected chi connectivity index (χ0v) is 52.6. The molecule has 480 valence electrons. The van der Waals surface area contributed by atoms with Crippen LogP contribution >= 0.6 is 0 Å². The molecular weight excluding hydrogens is 1070 g/mol. The first-order chi connectivity index (χ1) is 39.6. The van der Waals surface area contributed by atoms with Gasteiger partial charge in [0.15, 0.2) is 0 Å². The maximum Gasteiger partial charge on any atom is 0.226 e. The molecular formula is C66H112N4O14. The molecule has 8 rings (SSSR count). The van der Waals surface area contributed by atoms with E-state index in [-0.39, 0.29) is 72.3 Å². The van der Waals surface area contributed by atoms with Gasteiger partial charge in [-0.3, -0.25) is 19.2 Å². The van der Waals surface area contributed by atoms with Crippen LogP contribution in [0.25, 0.3) is 0 Å². The Morgan fingerprint density at radius 2 is 0.619 bits per heavy atom. The number of aliphatic hydroxyl groups is 10. The van der Waals surface area contributed by atoms with Gasteiger partial charge in [0.1, 0.15) is 22.3 Å². The highest BCUT2D eigenvalue weighted by molar-refractivity contribution is 5.86. The number of amides is 4. The van der Waals surface area contributed by atoms with Crippen LogP contribution in [0.3, 0.4) is 0 Å². The summed E-state index contributed by atoms with van der Waals surface area (Å²) in [5.74, 6) is -2.62. The Morgan fingerprint density at radius 3 is 0.821 bits per heavy atom. The van der Waals surface area contributed by atoms with Gasteiger partial charge in [-0.15, -0.1) is 0 Å². The molecule has 8 aliphatic rings. The van der Waals surface area contributed by atoms with E-state index < -0.39 is 93.7 Å². The lowest BCUT2D eigenvalue weighted by Crippen LogP contribution is -2.68. The smallest absolute Gasteiger partial charge is 0.226 e. The lowest BCUT2D eigenvalue weighted by atomic mass is 9.64. The van der Waals surface area contributed by atoms with Crippen LogP contribution in [0.5, 0.6) is 0 Å². The lowest BCUT2D eigenvalue weighted by molar-refractivity contribution is -0.129. The molecule has 14 N–H and O–H groups in total. The zero-order chi connectivity index (χ0) is 62.7. The van der Waals surface area contributed by atoms with E-state index in [0.29, 0.717) is 25.7 Å². The number of allylic oxidation sites excluding steroid dienone is 6. The van der Waals surface area contributed by atoms with Crippen LogP contribution in [-0.2, 0) is 19.2 Å². The van der Waals surface area contributed by atoms with Gasteiger partial charge >= 0.3 is 0 Å². The van der Waals surface area contributed by atoms with Crippen molar-refractivity contribution in [2.45, 2.75) is 254 Å². The molecule has 84 heavy (non-hydrogen) atoms. The molecule has 4 fully saturated rings. The number of nitrogens with one attached hydrogen (secondary N) is 4. The summed E-state index contributed by atoms with van der Waals surface area (Å²) < 4.78 is 0. The van der Waals surface area contributed by atoms with Crippen molar-refractivity contribution < 1.29 is 70.2 Å². The van der Waals surface area contributed by atoms with Gasteiger partial charge in [0, 0.05) is 11.8 Å². The molecule has 4 heterocycles. The minimum absolute atomic E-state index is 0.000133. The molecule has 4 aliphatic heterocycles. The number of hydrogen-bond donors (Lipinski definition) is 14. The third kappa shape index (κ3) is 13.2. The van der Waals surface area contributed by atoms with E-state index >= 15 is 0 Å². The topological polar surface area (TPSA) is 319 Å². The predicted molar refractivity (Wildman–Crippen MR) is 324 cm³/mol. The molecule has 4 saturated heterocycles. The molecule has 0 bridgehead atoms. The molecule has 0 spiro atoms. The second-order valence-corrected chi connectivity index (χ2v) is 27.0. The first-order valence-corrected chi connectivity index (χ1v) is 32.3. The van der Waals surface area contributed by atoms with Crippen molar-refractivity contribution >= 4 is 23.6 Å². The summed E-state index contributed by atoms with van der Waals surface area (Å²) in [6.45, 7) is 17.1.